The number of nitrogens with zero attached hydrogens (tertiary/aromatic N) is 4. The van der Waals surface area contributed by atoms with Gasteiger partial charge in [0, 0.05) is 58.3 Å². The van der Waals surface area contributed by atoms with E-state index >= 15 is 0 Å². The highest BCUT2D eigenvalue weighted by Crippen LogP contribution is 2.39. The zero-order valence-corrected chi connectivity index (χ0v) is 23.8. The van der Waals surface area contributed by atoms with Gasteiger partial charge in [0.05, 0.1) is 21.5 Å². The fourth-order valence-electron chi connectivity index (χ4n) is 5.53. The van der Waals surface area contributed by atoms with Gasteiger partial charge in [-0.3, -0.25) is 4.98 Å². The predicted octanol–water partition coefficient (Wildman–Crippen LogP) is 6.20. The van der Waals surface area contributed by atoms with E-state index in [-0.39, 0.29) is 22.5 Å². The fourth-order valence-corrected chi connectivity index (χ4v) is 6.89. The second kappa shape index (κ2) is 10.4. The number of pyridine rings is 1. The van der Waals surface area contributed by atoms with Crippen LogP contribution in [0.1, 0.15) is 42.5 Å². The van der Waals surface area contributed by atoms with Gasteiger partial charge in [-0.15, -0.1) is 0 Å². The Morgan fingerprint density at radius 2 is 1.69 bits per heavy atom. The lowest BCUT2D eigenvalue weighted by atomic mass is 9.91. The SMILES string of the molecule is Cc1ccc(S(=O)(=O)n2cc(-c3cnc(C)c4cnc(N[C@H]5CCCC[C@H]5N)nc34)c3ccc(C(F)(F)F)cc32)cc1. The molecule has 2 atom stereocenters. The minimum Gasteiger partial charge on any atom is -0.350 e. The smallest absolute Gasteiger partial charge is 0.350 e. The first-order valence-electron chi connectivity index (χ1n) is 13.6. The van der Waals surface area contributed by atoms with Crippen LogP contribution in [0.3, 0.4) is 0 Å². The van der Waals surface area contributed by atoms with Crippen LogP contribution in [0.5, 0.6) is 0 Å². The molecule has 0 radical (unpaired) electrons. The zero-order valence-electron chi connectivity index (χ0n) is 23.0. The van der Waals surface area contributed by atoms with Crippen LogP contribution in [0.4, 0.5) is 19.1 Å². The van der Waals surface area contributed by atoms with Crippen molar-refractivity contribution >= 4 is 37.8 Å². The van der Waals surface area contributed by atoms with Crippen molar-refractivity contribution in [1.82, 2.24) is 18.9 Å². The lowest BCUT2D eigenvalue weighted by Gasteiger charge is -2.29. The summed E-state index contributed by atoms with van der Waals surface area (Å²) < 4.78 is 69.8. The van der Waals surface area contributed by atoms with Crippen molar-refractivity contribution in [3.63, 3.8) is 0 Å². The maximum Gasteiger partial charge on any atom is 0.416 e. The number of hydrogen-bond donors (Lipinski definition) is 2. The number of hydrogen-bond acceptors (Lipinski definition) is 7. The van der Waals surface area contributed by atoms with Crippen LogP contribution in [-0.4, -0.2) is 39.4 Å². The van der Waals surface area contributed by atoms with Crippen molar-refractivity contribution in [2.75, 3.05) is 5.32 Å². The molecule has 0 spiro atoms. The van der Waals surface area contributed by atoms with E-state index in [0.717, 1.165) is 47.4 Å². The Bertz CT molecular complexity index is 1920. The van der Waals surface area contributed by atoms with Crippen molar-refractivity contribution in [3.05, 3.63) is 77.9 Å². The zero-order chi connectivity index (χ0) is 29.8. The molecular formula is C30H29F3N6O2S. The minimum absolute atomic E-state index is 0.00457. The second-order valence-electron chi connectivity index (χ2n) is 10.8. The summed E-state index contributed by atoms with van der Waals surface area (Å²) >= 11 is 0. The molecule has 8 nitrogen and oxygen atoms in total. The van der Waals surface area contributed by atoms with Crippen molar-refractivity contribution in [2.24, 2.45) is 5.73 Å². The molecule has 42 heavy (non-hydrogen) atoms. The van der Waals surface area contributed by atoms with Gasteiger partial charge in [0.15, 0.2) is 0 Å². The summed E-state index contributed by atoms with van der Waals surface area (Å²) in [4.78, 5) is 13.7. The maximum absolute atomic E-state index is 13.8. The third-order valence-corrected chi connectivity index (χ3v) is 9.61. The molecule has 5 aromatic rings. The largest absolute Gasteiger partial charge is 0.416 e. The number of benzene rings is 2. The average Bonchev–Trinajstić information content (AvgIpc) is 3.34. The number of aromatic nitrogens is 4. The number of rotatable bonds is 5. The van der Waals surface area contributed by atoms with E-state index in [1.165, 1.54) is 24.4 Å². The van der Waals surface area contributed by atoms with Crippen molar-refractivity contribution < 1.29 is 21.6 Å². The standard InChI is InChI=1S/C30H29F3N6O2S/c1-17-7-10-20(11-8-17)42(40,41)39-16-24(21-12-9-19(13-27(21)39)30(31,32)33)23-15-35-18(2)22-14-36-29(38-28(22)23)37-26-6-4-3-5-25(26)34/h7-16,25-26H,3-6,34H2,1-2H3,(H,36,37,38)/t25-,26+/m1/s1. The number of nitrogens with one attached hydrogen (secondary N) is 1. The van der Waals surface area contributed by atoms with E-state index < -0.39 is 21.8 Å². The third kappa shape index (κ3) is 4.98. The van der Waals surface area contributed by atoms with Gasteiger partial charge < -0.3 is 11.1 Å². The normalized spacial score (nSPS) is 18.0. The molecule has 3 heterocycles. The highest BCUT2D eigenvalue weighted by atomic mass is 32.2. The van der Waals surface area contributed by atoms with E-state index in [0.29, 0.717) is 39.1 Å². The molecule has 1 aliphatic carbocycles. The average molecular weight is 595 g/mol. The van der Waals surface area contributed by atoms with Gasteiger partial charge in [0.2, 0.25) is 5.95 Å². The number of anilines is 1. The molecule has 0 aliphatic heterocycles. The van der Waals surface area contributed by atoms with Crippen molar-refractivity contribution in [1.29, 1.82) is 0 Å². The van der Waals surface area contributed by atoms with Gasteiger partial charge >= 0.3 is 6.18 Å². The maximum atomic E-state index is 13.8. The molecule has 0 saturated heterocycles. The summed E-state index contributed by atoms with van der Waals surface area (Å²) in [6.45, 7) is 3.62. The van der Waals surface area contributed by atoms with Gasteiger partial charge in [-0.25, -0.2) is 22.4 Å². The van der Waals surface area contributed by atoms with Crippen molar-refractivity contribution in [3.8, 4) is 11.1 Å². The van der Waals surface area contributed by atoms with Gasteiger partial charge in [-0.05, 0) is 51.0 Å². The number of nitrogens with two attached hydrogens (primary N) is 1. The minimum atomic E-state index is -4.66. The third-order valence-electron chi connectivity index (χ3n) is 7.92. The molecule has 0 unspecified atom stereocenters. The van der Waals surface area contributed by atoms with Gasteiger partial charge in [-0.1, -0.05) is 36.6 Å². The van der Waals surface area contributed by atoms with Crippen LogP contribution >= 0.6 is 0 Å². The first kappa shape index (κ1) is 28.1. The van der Waals surface area contributed by atoms with E-state index in [9.17, 15) is 21.6 Å². The molecule has 12 heteroatoms. The van der Waals surface area contributed by atoms with Gasteiger partial charge in [-0.2, -0.15) is 13.2 Å². The lowest BCUT2D eigenvalue weighted by molar-refractivity contribution is -0.137. The Kier molecular flexibility index (Phi) is 6.93. The lowest BCUT2D eigenvalue weighted by Crippen LogP contribution is -2.42. The van der Waals surface area contributed by atoms with Crippen LogP contribution in [-0.2, 0) is 16.2 Å². The topological polar surface area (TPSA) is 116 Å². The first-order valence-corrected chi connectivity index (χ1v) is 15.1. The van der Waals surface area contributed by atoms with Crippen LogP contribution in [0.25, 0.3) is 32.9 Å². The van der Waals surface area contributed by atoms with Crippen LogP contribution < -0.4 is 11.1 Å². The summed E-state index contributed by atoms with van der Waals surface area (Å²) in [7, 11) is -4.26. The molecule has 1 aliphatic rings. The predicted molar refractivity (Wildman–Crippen MR) is 156 cm³/mol. The van der Waals surface area contributed by atoms with Crippen molar-refractivity contribution in [2.45, 2.75) is 62.7 Å². The van der Waals surface area contributed by atoms with E-state index in [2.05, 4.69) is 15.3 Å². The monoisotopic (exact) mass is 594 g/mol. The second-order valence-corrected chi connectivity index (χ2v) is 12.6. The summed E-state index contributed by atoms with van der Waals surface area (Å²) in [5.41, 5.74) is 8.12. The summed E-state index contributed by atoms with van der Waals surface area (Å²) in [5, 5.41) is 4.30. The Balaban J connectivity index is 1.57. The molecule has 3 aromatic heterocycles. The van der Waals surface area contributed by atoms with Crippen LogP contribution in [0.15, 0.2) is 66.0 Å². The van der Waals surface area contributed by atoms with E-state index in [1.807, 2.05) is 6.92 Å². The summed E-state index contributed by atoms with van der Waals surface area (Å²) in [5.74, 6) is 0.368. The molecule has 3 N–H and O–H groups in total. The molecule has 1 fully saturated rings. The van der Waals surface area contributed by atoms with Gasteiger partial charge in [0.25, 0.3) is 10.0 Å². The first-order chi connectivity index (χ1) is 19.9. The molecule has 0 bridgehead atoms. The Morgan fingerprint density at radius 3 is 2.40 bits per heavy atom. The van der Waals surface area contributed by atoms with E-state index in [4.69, 9.17) is 10.7 Å². The molecule has 1 saturated carbocycles. The Hall–Kier alpha value is -4.03. The number of alkyl halides is 3. The fraction of sp³-hybridized carbons (Fsp3) is 0.300. The van der Waals surface area contributed by atoms with Crippen LogP contribution in [0.2, 0.25) is 0 Å². The summed E-state index contributed by atoms with van der Waals surface area (Å²) in [6, 6.07) is 9.23. The Labute approximate surface area is 240 Å². The number of fused-ring (bicyclic) bond motifs is 2. The highest BCUT2D eigenvalue weighted by molar-refractivity contribution is 7.90. The van der Waals surface area contributed by atoms with Gasteiger partial charge in [0.1, 0.15) is 0 Å². The summed E-state index contributed by atoms with van der Waals surface area (Å²) in [6.07, 6.45) is 3.79. The Morgan fingerprint density at radius 1 is 0.952 bits per heavy atom. The molecule has 6 rings (SSSR count). The molecular weight excluding hydrogens is 565 g/mol. The molecule has 2 aromatic carbocycles. The quantitative estimate of drug-likeness (QED) is 0.249. The highest BCUT2D eigenvalue weighted by Gasteiger charge is 2.32. The number of aryl methyl sites for hydroxylation is 2. The van der Waals surface area contributed by atoms with Crippen LogP contribution in [0, 0.1) is 13.8 Å². The number of halogens is 3. The molecule has 0 amide bonds. The van der Waals surface area contributed by atoms with E-state index in [1.54, 1.807) is 31.5 Å². The molecule has 218 valence electrons.